The second-order valence-corrected chi connectivity index (χ2v) is 5.52. The van der Waals surface area contributed by atoms with Crippen molar-refractivity contribution >= 4 is 5.69 Å². The molecule has 0 saturated heterocycles. The number of nitrogens with two attached hydrogens (primary N) is 1. The third-order valence-corrected chi connectivity index (χ3v) is 4.54. The van der Waals surface area contributed by atoms with Crippen LogP contribution in [0.25, 0.3) is 0 Å². The van der Waals surface area contributed by atoms with Gasteiger partial charge in [0.05, 0.1) is 18.9 Å². The largest absolute Gasteiger partial charge is 0.495 e. The molecular weight excluding hydrogens is 238 g/mol. The van der Waals surface area contributed by atoms with Gasteiger partial charge in [-0.25, -0.2) is 0 Å². The summed E-state index contributed by atoms with van der Waals surface area (Å²) >= 11 is 0. The summed E-state index contributed by atoms with van der Waals surface area (Å²) in [5, 5.41) is 10.7. The van der Waals surface area contributed by atoms with Gasteiger partial charge in [-0.15, -0.1) is 0 Å². The molecule has 3 nitrogen and oxygen atoms in total. The van der Waals surface area contributed by atoms with Crippen LogP contribution in [0, 0.1) is 11.8 Å². The molecule has 1 aliphatic rings. The molecule has 3 N–H and O–H groups in total. The molecule has 1 saturated carbocycles. The van der Waals surface area contributed by atoms with Gasteiger partial charge in [0, 0.05) is 5.56 Å². The van der Waals surface area contributed by atoms with Crippen molar-refractivity contribution in [2.45, 2.75) is 45.1 Å². The number of aliphatic hydroxyl groups is 1. The second-order valence-electron chi connectivity index (χ2n) is 5.52. The maximum Gasteiger partial charge on any atom is 0.142 e. The minimum absolute atomic E-state index is 0.327. The molecule has 1 aromatic carbocycles. The highest BCUT2D eigenvalue weighted by Gasteiger charge is 2.31. The summed E-state index contributed by atoms with van der Waals surface area (Å²) < 4.78 is 5.24. The topological polar surface area (TPSA) is 55.5 Å². The fourth-order valence-electron chi connectivity index (χ4n) is 3.39. The van der Waals surface area contributed by atoms with Crippen LogP contribution in [0.2, 0.25) is 0 Å². The molecule has 3 atom stereocenters. The number of anilines is 1. The average molecular weight is 263 g/mol. The standard InChI is InChI=1S/C16H25NO2/c1-3-11-7-4-5-8-12(11)16(18)13-9-6-10-14(19-2)15(13)17/h6,9-12,16,18H,3-5,7-8,17H2,1-2H3. The zero-order valence-electron chi connectivity index (χ0n) is 11.9. The van der Waals surface area contributed by atoms with Gasteiger partial charge < -0.3 is 15.6 Å². The van der Waals surface area contributed by atoms with Crippen LogP contribution in [0.5, 0.6) is 5.75 Å². The number of nitrogen functional groups attached to an aromatic ring is 1. The van der Waals surface area contributed by atoms with E-state index in [0.717, 1.165) is 18.4 Å². The second kappa shape index (κ2) is 6.29. The third kappa shape index (κ3) is 2.86. The molecule has 1 fully saturated rings. The number of para-hydroxylation sites is 1. The minimum atomic E-state index is -0.472. The van der Waals surface area contributed by atoms with E-state index in [9.17, 15) is 5.11 Å². The molecule has 0 aromatic heterocycles. The Morgan fingerprint density at radius 1 is 1.37 bits per heavy atom. The van der Waals surface area contributed by atoms with Gasteiger partial charge in [-0.3, -0.25) is 0 Å². The summed E-state index contributed by atoms with van der Waals surface area (Å²) in [6, 6.07) is 5.66. The SMILES string of the molecule is CCC1CCCCC1C(O)c1cccc(OC)c1N. The Labute approximate surface area is 115 Å². The molecule has 0 aliphatic heterocycles. The Bertz CT molecular complexity index is 419. The van der Waals surface area contributed by atoms with Gasteiger partial charge in [-0.2, -0.15) is 0 Å². The van der Waals surface area contributed by atoms with E-state index < -0.39 is 6.10 Å². The molecule has 3 heteroatoms. The van der Waals surface area contributed by atoms with E-state index in [-0.39, 0.29) is 0 Å². The van der Waals surface area contributed by atoms with Gasteiger partial charge in [0.1, 0.15) is 5.75 Å². The Balaban J connectivity index is 2.25. The third-order valence-electron chi connectivity index (χ3n) is 4.54. The Kier molecular flexibility index (Phi) is 4.70. The zero-order valence-corrected chi connectivity index (χ0v) is 11.9. The highest BCUT2D eigenvalue weighted by molar-refractivity contribution is 5.59. The molecule has 0 spiro atoms. The summed E-state index contributed by atoms with van der Waals surface area (Å²) in [6.07, 6.45) is 5.47. The van der Waals surface area contributed by atoms with Crippen LogP contribution in [0.3, 0.4) is 0 Å². The monoisotopic (exact) mass is 263 g/mol. The number of benzene rings is 1. The van der Waals surface area contributed by atoms with Crippen molar-refractivity contribution < 1.29 is 9.84 Å². The number of hydrogen-bond donors (Lipinski definition) is 2. The molecule has 0 heterocycles. The number of ether oxygens (including phenoxy) is 1. The molecule has 0 radical (unpaired) electrons. The van der Waals surface area contributed by atoms with Gasteiger partial charge >= 0.3 is 0 Å². The van der Waals surface area contributed by atoms with Crippen LogP contribution in [0.15, 0.2) is 18.2 Å². The highest BCUT2D eigenvalue weighted by atomic mass is 16.5. The fraction of sp³-hybridized carbons (Fsp3) is 0.625. The maximum absolute atomic E-state index is 10.7. The average Bonchev–Trinajstić information content (AvgIpc) is 2.46. The first-order valence-electron chi connectivity index (χ1n) is 7.29. The van der Waals surface area contributed by atoms with E-state index in [1.807, 2.05) is 18.2 Å². The van der Waals surface area contributed by atoms with Crippen LogP contribution in [0.1, 0.15) is 50.7 Å². The van der Waals surface area contributed by atoms with Gasteiger partial charge in [0.2, 0.25) is 0 Å². The van der Waals surface area contributed by atoms with E-state index in [2.05, 4.69) is 6.92 Å². The van der Waals surface area contributed by atoms with Crippen molar-refractivity contribution in [3.63, 3.8) is 0 Å². The van der Waals surface area contributed by atoms with Crippen LogP contribution < -0.4 is 10.5 Å². The van der Waals surface area contributed by atoms with Crippen LogP contribution in [-0.2, 0) is 0 Å². The number of methoxy groups -OCH3 is 1. The fourth-order valence-corrected chi connectivity index (χ4v) is 3.39. The normalized spacial score (nSPS) is 25.0. The molecule has 19 heavy (non-hydrogen) atoms. The van der Waals surface area contributed by atoms with E-state index in [0.29, 0.717) is 23.3 Å². The number of rotatable bonds is 4. The van der Waals surface area contributed by atoms with E-state index >= 15 is 0 Å². The van der Waals surface area contributed by atoms with E-state index in [1.54, 1.807) is 7.11 Å². The van der Waals surface area contributed by atoms with Crippen molar-refractivity contribution in [1.82, 2.24) is 0 Å². The summed E-state index contributed by atoms with van der Waals surface area (Å²) in [6.45, 7) is 2.21. The molecule has 1 aromatic rings. The Hall–Kier alpha value is -1.22. The van der Waals surface area contributed by atoms with Crippen molar-refractivity contribution in [3.8, 4) is 5.75 Å². The molecule has 0 amide bonds. The predicted molar refractivity (Wildman–Crippen MR) is 78.1 cm³/mol. The highest BCUT2D eigenvalue weighted by Crippen LogP contribution is 2.42. The van der Waals surface area contributed by atoms with E-state index in [4.69, 9.17) is 10.5 Å². The zero-order chi connectivity index (χ0) is 13.8. The minimum Gasteiger partial charge on any atom is -0.495 e. The number of aliphatic hydroxyl groups excluding tert-OH is 1. The van der Waals surface area contributed by atoms with Gasteiger partial charge in [-0.1, -0.05) is 44.7 Å². The lowest BCUT2D eigenvalue weighted by molar-refractivity contribution is 0.0456. The van der Waals surface area contributed by atoms with Gasteiger partial charge in [0.25, 0.3) is 0 Å². The van der Waals surface area contributed by atoms with Gasteiger partial charge in [-0.05, 0) is 24.3 Å². The van der Waals surface area contributed by atoms with Crippen molar-refractivity contribution in [2.24, 2.45) is 11.8 Å². The van der Waals surface area contributed by atoms with Crippen molar-refractivity contribution in [3.05, 3.63) is 23.8 Å². The summed E-state index contributed by atoms with van der Waals surface area (Å²) in [5.74, 6) is 1.59. The van der Waals surface area contributed by atoms with Crippen molar-refractivity contribution in [1.29, 1.82) is 0 Å². The van der Waals surface area contributed by atoms with Crippen LogP contribution in [-0.4, -0.2) is 12.2 Å². The lowest BCUT2D eigenvalue weighted by Crippen LogP contribution is -2.25. The van der Waals surface area contributed by atoms with Crippen molar-refractivity contribution in [2.75, 3.05) is 12.8 Å². The first kappa shape index (κ1) is 14.2. The van der Waals surface area contributed by atoms with Crippen LogP contribution in [0.4, 0.5) is 5.69 Å². The molecular formula is C16H25NO2. The molecule has 2 rings (SSSR count). The van der Waals surface area contributed by atoms with Crippen LogP contribution >= 0.6 is 0 Å². The smallest absolute Gasteiger partial charge is 0.142 e. The van der Waals surface area contributed by atoms with E-state index in [1.165, 1.54) is 19.3 Å². The first-order valence-corrected chi connectivity index (χ1v) is 7.29. The quantitative estimate of drug-likeness (QED) is 0.817. The Morgan fingerprint density at radius 3 is 2.79 bits per heavy atom. The Morgan fingerprint density at radius 2 is 2.11 bits per heavy atom. The lowest BCUT2D eigenvalue weighted by atomic mass is 9.73. The van der Waals surface area contributed by atoms with Gasteiger partial charge in [0.15, 0.2) is 0 Å². The predicted octanol–water partition coefficient (Wildman–Crippen LogP) is 3.53. The first-order chi connectivity index (χ1) is 9.19. The summed E-state index contributed by atoms with van der Waals surface area (Å²) in [4.78, 5) is 0. The molecule has 0 bridgehead atoms. The molecule has 1 aliphatic carbocycles. The summed E-state index contributed by atoms with van der Waals surface area (Å²) in [5.41, 5.74) is 7.51. The lowest BCUT2D eigenvalue weighted by Gasteiger charge is -2.35. The molecule has 106 valence electrons. The summed E-state index contributed by atoms with van der Waals surface area (Å²) in [7, 11) is 1.61. The molecule has 3 unspecified atom stereocenters. The number of hydrogen-bond acceptors (Lipinski definition) is 3. The maximum atomic E-state index is 10.7.